The third kappa shape index (κ3) is 6.89. The summed E-state index contributed by atoms with van der Waals surface area (Å²) in [6.07, 6.45) is 1.90. The van der Waals surface area contributed by atoms with Crippen molar-refractivity contribution in [1.82, 2.24) is 10.2 Å². The fourth-order valence-electron chi connectivity index (χ4n) is 2.68. The number of unbranched alkanes of at least 4 members (excludes halogenated alkanes) is 1. The van der Waals surface area contributed by atoms with Gasteiger partial charge < -0.3 is 15.0 Å². The average molecular weight is 403 g/mol. The summed E-state index contributed by atoms with van der Waals surface area (Å²) in [5, 5.41) is 3.43. The number of rotatable bonds is 10. The standard InChI is InChI=1S/C22H27ClN2O3/c1-3-4-13-24-22(27)17(2)25(15-18-9-6-5-7-10-18)21(26)16-28-20-12-8-11-19(23)14-20/h5-12,14,17H,3-4,13,15-16H2,1-2H3,(H,24,27). The molecule has 2 aromatic carbocycles. The van der Waals surface area contributed by atoms with Gasteiger partial charge in [0, 0.05) is 18.1 Å². The first-order chi connectivity index (χ1) is 13.5. The number of carbonyl (C=O) groups excluding carboxylic acids is 2. The molecular formula is C22H27ClN2O3. The average Bonchev–Trinajstić information content (AvgIpc) is 2.70. The van der Waals surface area contributed by atoms with Gasteiger partial charge in [-0.15, -0.1) is 0 Å². The summed E-state index contributed by atoms with van der Waals surface area (Å²) >= 11 is 5.95. The van der Waals surface area contributed by atoms with Crippen LogP contribution >= 0.6 is 11.6 Å². The molecule has 0 saturated heterocycles. The maximum atomic E-state index is 12.9. The predicted molar refractivity (Wildman–Crippen MR) is 111 cm³/mol. The van der Waals surface area contributed by atoms with Gasteiger partial charge in [0.15, 0.2) is 6.61 Å². The second-order valence-electron chi connectivity index (χ2n) is 6.57. The molecule has 0 aliphatic carbocycles. The summed E-state index contributed by atoms with van der Waals surface area (Å²) in [4.78, 5) is 26.9. The van der Waals surface area contributed by atoms with E-state index < -0.39 is 6.04 Å². The number of nitrogens with zero attached hydrogens (tertiary/aromatic N) is 1. The molecule has 0 bridgehead atoms. The zero-order chi connectivity index (χ0) is 20.4. The molecule has 0 aromatic heterocycles. The van der Waals surface area contributed by atoms with E-state index in [0.717, 1.165) is 18.4 Å². The lowest BCUT2D eigenvalue weighted by Crippen LogP contribution is -2.49. The number of ether oxygens (including phenoxy) is 1. The molecule has 6 heteroatoms. The Morgan fingerprint density at radius 2 is 1.89 bits per heavy atom. The second kappa shape index (κ2) is 11.3. The molecule has 0 spiro atoms. The van der Waals surface area contributed by atoms with E-state index in [1.165, 1.54) is 0 Å². The van der Waals surface area contributed by atoms with Crippen LogP contribution < -0.4 is 10.1 Å². The van der Waals surface area contributed by atoms with Gasteiger partial charge in [-0.3, -0.25) is 9.59 Å². The predicted octanol–water partition coefficient (Wildman–Crippen LogP) is 4.05. The van der Waals surface area contributed by atoms with Crippen LogP contribution in [0.4, 0.5) is 0 Å². The van der Waals surface area contributed by atoms with Crippen molar-refractivity contribution >= 4 is 23.4 Å². The smallest absolute Gasteiger partial charge is 0.261 e. The van der Waals surface area contributed by atoms with Crippen molar-refractivity contribution < 1.29 is 14.3 Å². The highest BCUT2D eigenvalue weighted by atomic mass is 35.5. The van der Waals surface area contributed by atoms with Crippen molar-refractivity contribution in [3.8, 4) is 5.75 Å². The Labute approximate surface area is 171 Å². The molecule has 2 amide bonds. The van der Waals surface area contributed by atoms with Crippen LogP contribution in [0.1, 0.15) is 32.3 Å². The normalized spacial score (nSPS) is 11.5. The maximum Gasteiger partial charge on any atom is 0.261 e. The van der Waals surface area contributed by atoms with Crippen molar-refractivity contribution in [1.29, 1.82) is 0 Å². The Balaban J connectivity index is 2.07. The number of amides is 2. The minimum Gasteiger partial charge on any atom is -0.484 e. The molecule has 0 aliphatic heterocycles. The Bertz CT molecular complexity index is 767. The molecule has 28 heavy (non-hydrogen) atoms. The van der Waals surface area contributed by atoms with Crippen molar-refractivity contribution in [3.63, 3.8) is 0 Å². The molecule has 5 nitrogen and oxygen atoms in total. The molecule has 1 unspecified atom stereocenters. The van der Waals surface area contributed by atoms with Gasteiger partial charge in [-0.1, -0.05) is 61.3 Å². The quantitative estimate of drug-likeness (QED) is 0.610. The first kappa shape index (κ1) is 21.8. The lowest BCUT2D eigenvalue weighted by Gasteiger charge is -2.28. The van der Waals surface area contributed by atoms with Crippen LogP contribution in [-0.2, 0) is 16.1 Å². The molecule has 2 aromatic rings. The second-order valence-corrected chi connectivity index (χ2v) is 7.01. The zero-order valence-electron chi connectivity index (χ0n) is 16.4. The van der Waals surface area contributed by atoms with Crippen LogP contribution in [0, 0.1) is 0 Å². The minimum absolute atomic E-state index is 0.166. The number of benzene rings is 2. The third-order valence-corrected chi connectivity index (χ3v) is 4.59. The van der Waals surface area contributed by atoms with Crippen LogP contribution in [-0.4, -0.2) is 35.9 Å². The summed E-state index contributed by atoms with van der Waals surface area (Å²) in [7, 11) is 0. The largest absolute Gasteiger partial charge is 0.484 e. The van der Waals surface area contributed by atoms with Gasteiger partial charge in [0.25, 0.3) is 5.91 Å². The lowest BCUT2D eigenvalue weighted by atomic mass is 10.1. The molecule has 1 atom stereocenters. The molecule has 150 valence electrons. The molecule has 0 radical (unpaired) electrons. The van der Waals surface area contributed by atoms with E-state index in [4.69, 9.17) is 16.3 Å². The lowest BCUT2D eigenvalue weighted by molar-refractivity contribution is -0.142. The summed E-state index contributed by atoms with van der Waals surface area (Å²) in [6.45, 7) is 4.57. The highest BCUT2D eigenvalue weighted by molar-refractivity contribution is 6.30. The minimum atomic E-state index is -0.604. The van der Waals surface area contributed by atoms with Gasteiger partial charge in [0.1, 0.15) is 11.8 Å². The monoisotopic (exact) mass is 402 g/mol. The van der Waals surface area contributed by atoms with E-state index in [-0.39, 0.29) is 18.4 Å². The molecular weight excluding hydrogens is 376 g/mol. The fraction of sp³-hybridized carbons (Fsp3) is 0.364. The van der Waals surface area contributed by atoms with Crippen LogP contribution in [0.25, 0.3) is 0 Å². The van der Waals surface area contributed by atoms with E-state index in [1.807, 2.05) is 30.3 Å². The van der Waals surface area contributed by atoms with Crippen LogP contribution in [0.3, 0.4) is 0 Å². The van der Waals surface area contributed by atoms with Crippen molar-refractivity contribution in [2.75, 3.05) is 13.2 Å². The SMILES string of the molecule is CCCCNC(=O)C(C)N(Cc1ccccc1)C(=O)COc1cccc(Cl)c1. The number of hydrogen-bond donors (Lipinski definition) is 1. The van der Waals surface area contributed by atoms with E-state index in [2.05, 4.69) is 12.2 Å². The van der Waals surface area contributed by atoms with Crippen molar-refractivity contribution in [3.05, 3.63) is 65.2 Å². The van der Waals surface area contributed by atoms with E-state index in [9.17, 15) is 9.59 Å². The highest BCUT2D eigenvalue weighted by Gasteiger charge is 2.26. The van der Waals surface area contributed by atoms with Gasteiger partial charge in [0.05, 0.1) is 0 Å². The Hall–Kier alpha value is -2.53. The molecule has 0 fully saturated rings. The van der Waals surface area contributed by atoms with Gasteiger partial charge in [-0.2, -0.15) is 0 Å². The van der Waals surface area contributed by atoms with Gasteiger partial charge in [-0.25, -0.2) is 0 Å². The van der Waals surface area contributed by atoms with Crippen LogP contribution in [0.15, 0.2) is 54.6 Å². The number of hydrogen-bond acceptors (Lipinski definition) is 3. The Morgan fingerprint density at radius 3 is 2.57 bits per heavy atom. The summed E-state index contributed by atoms with van der Waals surface area (Å²) in [6, 6.07) is 15.9. The summed E-state index contributed by atoms with van der Waals surface area (Å²) < 4.78 is 5.59. The molecule has 0 aliphatic rings. The Morgan fingerprint density at radius 1 is 1.14 bits per heavy atom. The van der Waals surface area contributed by atoms with E-state index in [0.29, 0.717) is 23.9 Å². The van der Waals surface area contributed by atoms with Gasteiger partial charge in [-0.05, 0) is 37.1 Å². The molecule has 0 heterocycles. The van der Waals surface area contributed by atoms with Crippen molar-refractivity contribution in [2.24, 2.45) is 0 Å². The topological polar surface area (TPSA) is 58.6 Å². The first-order valence-corrected chi connectivity index (χ1v) is 9.88. The maximum absolute atomic E-state index is 12.9. The fourth-order valence-corrected chi connectivity index (χ4v) is 2.86. The zero-order valence-corrected chi connectivity index (χ0v) is 17.1. The van der Waals surface area contributed by atoms with Crippen molar-refractivity contribution in [2.45, 2.75) is 39.3 Å². The highest BCUT2D eigenvalue weighted by Crippen LogP contribution is 2.17. The molecule has 1 N–H and O–H groups in total. The van der Waals surface area contributed by atoms with Crippen LogP contribution in [0.5, 0.6) is 5.75 Å². The molecule has 2 rings (SSSR count). The van der Waals surface area contributed by atoms with Gasteiger partial charge in [0.2, 0.25) is 5.91 Å². The van der Waals surface area contributed by atoms with Crippen LogP contribution in [0.2, 0.25) is 5.02 Å². The number of halogens is 1. The number of carbonyl (C=O) groups is 2. The van der Waals surface area contributed by atoms with E-state index in [1.54, 1.807) is 36.1 Å². The number of nitrogens with one attached hydrogen (secondary N) is 1. The summed E-state index contributed by atoms with van der Waals surface area (Å²) in [5.41, 5.74) is 0.951. The third-order valence-electron chi connectivity index (χ3n) is 4.35. The first-order valence-electron chi connectivity index (χ1n) is 9.50. The van der Waals surface area contributed by atoms with Gasteiger partial charge >= 0.3 is 0 Å². The molecule has 0 saturated carbocycles. The van der Waals surface area contributed by atoms with E-state index >= 15 is 0 Å². The Kier molecular flexibility index (Phi) is 8.82. The summed E-state index contributed by atoms with van der Waals surface area (Å²) in [5.74, 6) is 0.0861.